The summed E-state index contributed by atoms with van der Waals surface area (Å²) < 4.78 is 4.41. The van der Waals surface area contributed by atoms with Crippen LogP contribution in [0.5, 0.6) is 0 Å². The largest absolute Gasteiger partial charge is 0.468 e. The molecule has 0 aliphatic rings. The number of nitrogens with one attached hydrogen (secondary N) is 1. The highest BCUT2D eigenvalue weighted by atomic mass is 16.5. The summed E-state index contributed by atoms with van der Waals surface area (Å²) in [5, 5.41) is 2.41. The van der Waals surface area contributed by atoms with E-state index >= 15 is 0 Å². The molecule has 1 aromatic heterocycles. The van der Waals surface area contributed by atoms with Crippen molar-refractivity contribution in [3.63, 3.8) is 0 Å². The zero-order valence-corrected chi connectivity index (χ0v) is 9.90. The highest BCUT2D eigenvalue weighted by molar-refractivity contribution is 5.95. The monoisotopic (exact) mass is 247 g/mol. The number of carbonyl (C=O) groups is 2. The van der Waals surface area contributed by atoms with Gasteiger partial charge in [0.15, 0.2) is 0 Å². The molecule has 1 aromatic rings. The molecule has 0 saturated heterocycles. The number of esters is 1. The smallest absolute Gasteiger partial charge is 0.325 e. The molecular formula is C12H13N3O3. The van der Waals surface area contributed by atoms with Gasteiger partial charge in [0.05, 0.1) is 19.2 Å². The average Bonchev–Trinajstić information content (AvgIpc) is 2.42. The van der Waals surface area contributed by atoms with Gasteiger partial charge in [-0.2, -0.15) is 0 Å². The lowest BCUT2D eigenvalue weighted by Crippen LogP contribution is -2.30. The maximum atomic E-state index is 11.7. The molecule has 6 heteroatoms. The van der Waals surface area contributed by atoms with E-state index in [1.54, 1.807) is 6.07 Å². The van der Waals surface area contributed by atoms with Crippen LogP contribution in [0.1, 0.15) is 15.9 Å². The molecule has 6 nitrogen and oxygen atoms in total. The fraction of sp³-hybridized carbons (Fsp3) is 0.250. The van der Waals surface area contributed by atoms with Crippen molar-refractivity contribution in [3.05, 3.63) is 29.6 Å². The summed E-state index contributed by atoms with van der Waals surface area (Å²) >= 11 is 0. The lowest BCUT2D eigenvalue weighted by Gasteiger charge is -2.03. The zero-order chi connectivity index (χ0) is 13.4. The molecule has 0 radical (unpaired) electrons. The van der Waals surface area contributed by atoms with E-state index in [1.165, 1.54) is 19.5 Å². The summed E-state index contributed by atoms with van der Waals surface area (Å²) in [4.78, 5) is 26.4. The second kappa shape index (κ2) is 7.04. The van der Waals surface area contributed by atoms with Crippen LogP contribution in [-0.2, 0) is 9.53 Å². The van der Waals surface area contributed by atoms with Crippen molar-refractivity contribution in [3.8, 4) is 11.8 Å². The maximum absolute atomic E-state index is 11.7. The van der Waals surface area contributed by atoms with Crippen molar-refractivity contribution in [2.45, 2.75) is 0 Å². The predicted molar refractivity (Wildman–Crippen MR) is 64.5 cm³/mol. The number of nitrogens with zero attached hydrogens (tertiary/aromatic N) is 1. The number of carbonyl (C=O) groups excluding carboxylic acids is 2. The van der Waals surface area contributed by atoms with E-state index in [-0.39, 0.29) is 13.1 Å². The Bertz CT molecular complexity index is 503. The molecule has 1 heterocycles. The number of hydrogen-bond acceptors (Lipinski definition) is 5. The predicted octanol–water partition coefficient (Wildman–Crippen LogP) is -0.705. The molecule has 1 rings (SSSR count). The van der Waals surface area contributed by atoms with Gasteiger partial charge in [0, 0.05) is 18.0 Å². The van der Waals surface area contributed by atoms with Crippen LogP contribution in [0.4, 0.5) is 0 Å². The molecule has 1 amide bonds. The Morgan fingerprint density at radius 2 is 2.28 bits per heavy atom. The first-order chi connectivity index (χ1) is 8.67. The van der Waals surface area contributed by atoms with Gasteiger partial charge in [-0.1, -0.05) is 11.8 Å². The van der Waals surface area contributed by atoms with Crippen LogP contribution >= 0.6 is 0 Å². The van der Waals surface area contributed by atoms with Gasteiger partial charge in [-0.15, -0.1) is 0 Å². The van der Waals surface area contributed by atoms with Gasteiger partial charge in [0.25, 0.3) is 5.91 Å². The van der Waals surface area contributed by atoms with Crippen LogP contribution in [0.25, 0.3) is 0 Å². The number of amides is 1. The zero-order valence-electron chi connectivity index (χ0n) is 9.90. The average molecular weight is 247 g/mol. The first-order valence-corrected chi connectivity index (χ1v) is 5.16. The number of rotatable bonds is 3. The minimum atomic E-state index is -0.518. The molecule has 0 fully saturated rings. The van der Waals surface area contributed by atoms with Crippen LogP contribution in [0.2, 0.25) is 0 Å². The van der Waals surface area contributed by atoms with Gasteiger partial charge >= 0.3 is 5.97 Å². The molecular weight excluding hydrogens is 234 g/mol. The van der Waals surface area contributed by atoms with Gasteiger partial charge in [-0.05, 0) is 6.07 Å². The van der Waals surface area contributed by atoms with Crippen molar-refractivity contribution < 1.29 is 14.3 Å². The SMILES string of the molecule is COC(=O)CNC(=O)c1cncc(C#CCN)c1. The number of hydrogen-bond donors (Lipinski definition) is 2. The molecule has 0 aromatic carbocycles. The third-order valence-electron chi connectivity index (χ3n) is 1.96. The second-order valence-electron chi connectivity index (χ2n) is 3.23. The van der Waals surface area contributed by atoms with Crippen LogP contribution in [0.15, 0.2) is 18.5 Å². The fourth-order valence-corrected chi connectivity index (χ4v) is 1.11. The summed E-state index contributed by atoms with van der Waals surface area (Å²) in [5.41, 5.74) is 6.16. The Morgan fingerprint density at radius 1 is 1.50 bits per heavy atom. The lowest BCUT2D eigenvalue weighted by molar-refractivity contribution is -0.139. The molecule has 0 unspecified atom stereocenters. The molecule has 0 saturated carbocycles. The number of methoxy groups -OCH3 is 1. The highest BCUT2D eigenvalue weighted by Gasteiger charge is 2.08. The van der Waals surface area contributed by atoms with Crippen molar-refractivity contribution in [2.24, 2.45) is 5.73 Å². The van der Waals surface area contributed by atoms with E-state index in [0.717, 1.165) is 0 Å². The quantitative estimate of drug-likeness (QED) is 0.544. The standard InChI is InChI=1S/C12H13N3O3/c1-18-11(16)8-15-12(17)10-5-9(3-2-4-13)6-14-7-10/h5-7H,4,8,13H2,1H3,(H,15,17). The maximum Gasteiger partial charge on any atom is 0.325 e. The number of ether oxygens (including phenoxy) is 1. The van der Waals surface area contributed by atoms with E-state index in [1.807, 2.05) is 0 Å². The Labute approximate surface area is 105 Å². The Hall–Kier alpha value is -2.39. The molecule has 3 N–H and O–H groups in total. The molecule has 18 heavy (non-hydrogen) atoms. The van der Waals surface area contributed by atoms with Crippen molar-refractivity contribution in [2.75, 3.05) is 20.2 Å². The van der Waals surface area contributed by atoms with Crippen LogP contribution in [0, 0.1) is 11.8 Å². The summed E-state index contributed by atoms with van der Waals surface area (Å²) in [5.74, 6) is 4.50. The topological polar surface area (TPSA) is 94.3 Å². The molecule has 0 aliphatic carbocycles. The van der Waals surface area contributed by atoms with Gasteiger partial charge in [-0.25, -0.2) is 0 Å². The third-order valence-corrected chi connectivity index (χ3v) is 1.96. The number of nitrogens with two attached hydrogens (primary N) is 1. The molecule has 94 valence electrons. The first kappa shape index (κ1) is 13.7. The lowest BCUT2D eigenvalue weighted by atomic mass is 10.2. The normalized spacial score (nSPS) is 9.00. The van der Waals surface area contributed by atoms with Crippen LogP contribution in [0.3, 0.4) is 0 Å². The highest BCUT2D eigenvalue weighted by Crippen LogP contribution is 2.01. The molecule has 0 bridgehead atoms. The van der Waals surface area contributed by atoms with Gasteiger partial charge in [0.2, 0.25) is 0 Å². The van der Waals surface area contributed by atoms with Crippen LogP contribution in [-0.4, -0.2) is 37.1 Å². The van der Waals surface area contributed by atoms with Crippen molar-refractivity contribution >= 4 is 11.9 Å². The van der Waals surface area contributed by atoms with E-state index in [2.05, 4.69) is 26.9 Å². The summed E-state index contributed by atoms with van der Waals surface area (Å²) in [6.07, 6.45) is 2.92. The number of aromatic nitrogens is 1. The minimum Gasteiger partial charge on any atom is -0.468 e. The number of pyridine rings is 1. The fourth-order valence-electron chi connectivity index (χ4n) is 1.11. The Morgan fingerprint density at radius 3 is 2.94 bits per heavy atom. The van der Waals surface area contributed by atoms with Gasteiger partial charge in [-0.3, -0.25) is 14.6 Å². The molecule has 0 spiro atoms. The van der Waals surface area contributed by atoms with E-state index in [0.29, 0.717) is 11.1 Å². The van der Waals surface area contributed by atoms with Gasteiger partial charge < -0.3 is 15.8 Å². The third kappa shape index (κ3) is 4.23. The van der Waals surface area contributed by atoms with Gasteiger partial charge in [0.1, 0.15) is 6.54 Å². The van der Waals surface area contributed by atoms with Crippen molar-refractivity contribution in [1.29, 1.82) is 0 Å². The first-order valence-electron chi connectivity index (χ1n) is 5.16. The Kier molecular flexibility index (Phi) is 5.35. The van der Waals surface area contributed by atoms with Crippen molar-refractivity contribution in [1.82, 2.24) is 10.3 Å². The summed E-state index contributed by atoms with van der Waals surface area (Å²) in [7, 11) is 1.25. The second-order valence-corrected chi connectivity index (χ2v) is 3.23. The van der Waals surface area contributed by atoms with E-state index < -0.39 is 11.9 Å². The Balaban J connectivity index is 2.71. The summed E-state index contributed by atoms with van der Waals surface area (Å²) in [6, 6.07) is 1.57. The van der Waals surface area contributed by atoms with E-state index in [4.69, 9.17) is 5.73 Å². The molecule has 0 aliphatic heterocycles. The van der Waals surface area contributed by atoms with Crippen LogP contribution < -0.4 is 11.1 Å². The minimum absolute atomic E-state index is 0.186. The van der Waals surface area contributed by atoms with E-state index in [9.17, 15) is 9.59 Å². The summed E-state index contributed by atoms with van der Waals surface area (Å²) in [6.45, 7) is 0.0484. The molecule has 0 atom stereocenters.